The number of amides is 1. The Kier molecular flexibility index (Phi) is 9.18. The second-order valence-corrected chi connectivity index (χ2v) is 8.53. The topological polar surface area (TPSA) is 79.3 Å². The van der Waals surface area contributed by atoms with Gasteiger partial charge in [-0.3, -0.25) is 9.59 Å². The zero-order valence-electron chi connectivity index (χ0n) is 20.7. The molecule has 188 valence electrons. The number of benzene rings is 2. The van der Waals surface area contributed by atoms with Crippen LogP contribution in [0.25, 0.3) is 5.76 Å². The van der Waals surface area contributed by atoms with Crippen molar-refractivity contribution < 1.29 is 24.2 Å². The predicted octanol–water partition coefficient (Wildman–Crippen LogP) is 4.90. The summed E-state index contributed by atoms with van der Waals surface area (Å²) in [4.78, 5) is 30.1. The molecule has 8 heteroatoms. The van der Waals surface area contributed by atoms with E-state index >= 15 is 0 Å². The van der Waals surface area contributed by atoms with Gasteiger partial charge < -0.3 is 24.4 Å². The Bertz CT molecular complexity index is 1080. The number of ether oxygens (including phenoxy) is 2. The minimum Gasteiger partial charge on any atom is -0.507 e. The van der Waals surface area contributed by atoms with Crippen LogP contribution < -0.4 is 9.47 Å². The number of aliphatic hydroxyl groups excluding tert-OH is 1. The molecular formula is C27H33ClN2O5. The molecule has 2 aromatic rings. The van der Waals surface area contributed by atoms with Crippen LogP contribution in [0.1, 0.15) is 44.9 Å². The maximum atomic E-state index is 13.2. The lowest BCUT2D eigenvalue weighted by molar-refractivity contribution is -0.140. The molecule has 1 aliphatic rings. The zero-order valence-corrected chi connectivity index (χ0v) is 21.5. The van der Waals surface area contributed by atoms with E-state index in [1.54, 1.807) is 36.4 Å². The normalized spacial score (nSPS) is 17.3. The largest absolute Gasteiger partial charge is 0.507 e. The monoisotopic (exact) mass is 500 g/mol. The van der Waals surface area contributed by atoms with E-state index in [9.17, 15) is 14.7 Å². The molecule has 0 saturated carbocycles. The van der Waals surface area contributed by atoms with Gasteiger partial charge >= 0.3 is 0 Å². The predicted molar refractivity (Wildman–Crippen MR) is 137 cm³/mol. The van der Waals surface area contributed by atoms with Crippen LogP contribution in [0.3, 0.4) is 0 Å². The molecule has 3 rings (SSSR count). The first-order valence-corrected chi connectivity index (χ1v) is 12.4. The standard InChI is InChI=1S/C27H33ClN2O5/c1-5-29(6-2)15-16-30-24(19-11-14-21(34-7-3)22(17-19)35-8-4)23(26(32)27(30)33)25(31)18-9-12-20(28)13-10-18/h9-14,17,24,31H,5-8,15-16H2,1-4H3/b25-23-. The molecule has 1 amide bonds. The SMILES string of the molecule is CCOc1ccc(C2/C(=C(/O)c3ccc(Cl)cc3)C(=O)C(=O)N2CCN(CC)CC)cc1OCC. The minimum absolute atomic E-state index is 0.0449. The molecule has 1 atom stereocenters. The maximum absolute atomic E-state index is 13.2. The van der Waals surface area contributed by atoms with E-state index in [1.807, 2.05) is 19.9 Å². The highest BCUT2D eigenvalue weighted by Crippen LogP contribution is 2.42. The molecular weight excluding hydrogens is 468 g/mol. The quantitative estimate of drug-likeness (QED) is 0.268. The van der Waals surface area contributed by atoms with E-state index in [0.29, 0.717) is 54.0 Å². The van der Waals surface area contributed by atoms with Crippen molar-refractivity contribution in [3.63, 3.8) is 0 Å². The van der Waals surface area contributed by atoms with E-state index in [2.05, 4.69) is 18.7 Å². The number of aliphatic hydroxyl groups is 1. The number of carbonyl (C=O) groups is 2. The first kappa shape index (κ1) is 26.6. The number of Topliss-reactive ketones (excluding diaryl/α,β-unsaturated/α-hetero) is 1. The van der Waals surface area contributed by atoms with E-state index in [-0.39, 0.29) is 11.3 Å². The molecule has 0 bridgehead atoms. The highest BCUT2D eigenvalue weighted by molar-refractivity contribution is 6.46. The van der Waals surface area contributed by atoms with Gasteiger partial charge in [0.1, 0.15) is 5.76 Å². The van der Waals surface area contributed by atoms with Gasteiger partial charge in [-0.2, -0.15) is 0 Å². The Labute approximate surface area is 211 Å². The number of likely N-dealkylation sites (tertiary alicyclic amines) is 1. The van der Waals surface area contributed by atoms with Crippen LogP contribution in [0.4, 0.5) is 0 Å². The summed E-state index contributed by atoms with van der Waals surface area (Å²) >= 11 is 6.00. The summed E-state index contributed by atoms with van der Waals surface area (Å²) in [6, 6.07) is 11.1. The van der Waals surface area contributed by atoms with Gasteiger partial charge in [-0.15, -0.1) is 0 Å². The average molecular weight is 501 g/mol. The summed E-state index contributed by atoms with van der Waals surface area (Å²) in [7, 11) is 0. The number of nitrogens with zero attached hydrogens (tertiary/aromatic N) is 2. The van der Waals surface area contributed by atoms with Crippen LogP contribution in [-0.4, -0.2) is 66.0 Å². The number of rotatable bonds is 11. The number of hydrogen-bond acceptors (Lipinski definition) is 6. The molecule has 0 aromatic heterocycles. The lowest BCUT2D eigenvalue weighted by atomic mass is 9.95. The number of hydrogen-bond donors (Lipinski definition) is 1. The second kappa shape index (κ2) is 12.1. The Balaban J connectivity index is 2.14. The molecule has 35 heavy (non-hydrogen) atoms. The Morgan fingerprint density at radius 3 is 2.20 bits per heavy atom. The summed E-state index contributed by atoms with van der Waals surface area (Å²) in [5.41, 5.74) is 1.12. The van der Waals surface area contributed by atoms with Crippen molar-refractivity contribution in [1.82, 2.24) is 9.80 Å². The molecule has 1 heterocycles. The first-order valence-electron chi connectivity index (χ1n) is 12.0. The third-order valence-corrected chi connectivity index (χ3v) is 6.34. The molecule has 0 radical (unpaired) electrons. The van der Waals surface area contributed by atoms with E-state index in [4.69, 9.17) is 21.1 Å². The third-order valence-electron chi connectivity index (χ3n) is 6.09. The summed E-state index contributed by atoms with van der Waals surface area (Å²) in [6.07, 6.45) is 0. The van der Waals surface area contributed by atoms with Gasteiger partial charge in [0.15, 0.2) is 11.5 Å². The number of carbonyl (C=O) groups excluding carboxylic acids is 2. The van der Waals surface area contributed by atoms with E-state index in [0.717, 1.165) is 13.1 Å². The second-order valence-electron chi connectivity index (χ2n) is 8.10. The Morgan fingerprint density at radius 2 is 1.60 bits per heavy atom. The smallest absolute Gasteiger partial charge is 0.295 e. The van der Waals surface area contributed by atoms with Gasteiger partial charge in [0.2, 0.25) is 0 Å². The van der Waals surface area contributed by atoms with E-state index in [1.165, 1.54) is 4.90 Å². The van der Waals surface area contributed by atoms with Gasteiger partial charge in [-0.05, 0) is 68.9 Å². The molecule has 1 fully saturated rings. The molecule has 1 saturated heterocycles. The van der Waals surface area contributed by atoms with Crippen LogP contribution in [0.2, 0.25) is 5.02 Å². The van der Waals surface area contributed by atoms with Crippen molar-refractivity contribution in [1.29, 1.82) is 0 Å². The number of halogens is 1. The Morgan fingerprint density at radius 1 is 0.971 bits per heavy atom. The molecule has 0 spiro atoms. The van der Waals surface area contributed by atoms with Crippen LogP contribution in [0.15, 0.2) is 48.0 Å². The van der Waals surface area contributed by atoms with Gasteiger partial charge in [0.05, 0.1) is 24.8 Å². The fourth-order valence-corrected chi connectivity index (χ4v) is 4.37. The summed E-state index contributed by atoms with van der Waals surface area (Å²) in [5, 5.41) is 11.7. The lowest BCUT2D eigenvalue weighted by Crippen LogP contribution is -2.38. The minimum atomic E-state index is -0.767. The van der Waals surface area contributed by atoms with Crippen molar-refractivity contribution in [3.05, 3.63) is 64.2 Å². The molecule has 0 aliphatic carbocycles. The number of ketones is 1. The van der Waals surface area contributed by atoms with Crippen molar-refractivity contribution in [3.8, 4) is 11.5 Å². The maximum Gasteiger partial charge on any atom is 0.295 e. The lowest BCUT2D eigenvalue weighted by Gasteiger charge is -2.28. The molecule has 2 aromatic carbocycles. The van der Waals surface area contributed by atoms with Crippen molar-refractivity contribution in [2.24, 2.45) is 0 Å². The van der Waals surface area contributed by atoms with Crippen molar-refractivity contribution in [2.75, 3.05) is 39.4 Å². The van der Waals surface area contributed by atoms with Gasteiger partial charge in [0.25, 0.3) is 11.7 Å². The van der Waals surface area contributed by atoms with Crippen molar-refractivity contribution in [2.45, 2.75) is 33.7 Å². The highest BCUT2D eigenvalue weighted by atomic mass is 35.5. The molecule has 1 unspecified atom stereocenters. The van der Waals surface area contributed by atoms with Gasteiger partial charge in [-0.25, -0.2) is 0 Å². The van der Waals surface area contributed by atoms with Crippen LogP contribution in [0, 0.1) is 0 Å². The fourth-order valence-electron chi connectivity index (χ4n) is 4.25. The fraction of sp³-hybridized carbons (Fsp3) is 0.407. The average Bonchev–Trinajstić information content (AvgIpc) is 3.11. The molecule has 1 N–H and O–H groups in total. The molecule has 7 nitrogen and oxygen atoms in total. The third kappa shape index (κ3) is 5.80. The van der Waals surface area contributed by atoms with Crippen molar-refractivity contribution >= 4 is 29.1 Å². The Hall–Kier alpha value is -3.03. The van der Waals surface area contributed by atoms with Gasteiger partial charge in [-0.1, -0.05) is 31.5 Å². The van der Waals surface area contributed by atoms with E-state index < -0.39 is 17.7 Å². The number of likely N-dealkylation sites (N-methyl/N-ethyl adjacent to an activating group) is 1. The van der Waals surface area contributed by atoms with Crippen LogP contribution in [0.5, 0.6) is 11.5 Å². The molecule has 1 aliphatic heterocycles. The van der Waals surface area contributed by atoms with Crippen LogP contribution in [-0.2, 0) is 9.59 Å². The zero-order chi connectivity index (χ0) is 25.5. The summed E-state index contributed by atoms with van der Waals surface area (Å²) in [6.45, 7) is 11.4. The summed E-state index contributed by atoms with van der Waals surface area (Å²) in [5.74, 6) is -0.482. The highest BCUT2D eigenvalue weighted by Gasteiger charge is 2.46. The van der Waals surface area contributed by atoms with Gasteiger partial charge in [0, 0.05) is 23.7 Å². The first-order chi connectivity index (χ1) is 16.9. The summed E-state index contributed by atoms with van der Waals surface area (Å²) < 4.78 is 11.5. The van der Waals surface area contributed by atoms with Crippen LogP contribution >= 0.6 is 11.6 Å².